The third-order valence-electron chi connectivity index (χ3n) is 4.34. The van der Waals surface area contributed by atoms with Gasteiger partial charge in [0.25, 0.3) is 0 Å². The Hall–Kier alpha value is -2.86. The number of hydrogen-bond donors (Lipinski definition) is 1. The summed E-state index contributed by atoms with van der Waals surface area (Å²) in [6, 6.07) is 14.9. The van der Waals surface area contributed by atoms with E-state index in [4.69, 9.17) is 9.47 Å². The largest absolute Gasteiger partial charge is 0.493 e. The molecule has 0 spiro atoms. The Balaban J connectivity index is 1.79. The van der Waals surface area contributed by atoms with Crippen molar-refractivity contribution in [2.24, 2.45) is 0 Å². The lowest BCUT2D eigenvalue weighted by atomic mass is 10.1. The highest BCUT2D eigenvalue weighted by atomic mass is 16.5. The van der Waals surface area contributed by atoms with Crippen LogP contribution < -0.4 is 20.4 Å². The van der Waals surface area contributed by atoms with Crippen molar-refractivity contribution in [1.29, 1.82) is 0 Å². The first-order chi connectivity index (χ1) is 12.6. The molecule has 1 N–H and O–H groups in total. The summed E-state index contributed by atoms with van der Waals surface area (Å²) >= 11 is 0. The smallest absolute Gasteiger partial charge is 0.220 e. The first-order valence-corrected chi connectivity index (χ1v) is 8.50. The van der Waals surface area contributed by atoms with Crippen LogP contribution in [0.4, 0.5) is 5.69 Å². The van der Waals surface area contributed by atoms with Crippen LogP contribution in [0.15, 0.2) is 53.3 Å². The highest BCUT2D eigenvalue weighted by Gasteiger charge is 2.25. The second kappa shape index (κ2) is 8.01. The van der Waals surface area contributed by atoms with Crippen LogP contribution in [0.25, 0.3) is 11.1 Å². The molecule has 1 unspecified atom stereocenters. The van der Waals surface area contributed by atoms with Crippen molar-refractivity contribution in [3.63, 3.8) is 0 Å². The van der Waals surface area contributed by atoms with Gasteiger partial charge in [0.15, 0.2) is 5.75 Å². The zero-order chi connectivity index (χ0) is 18.5. The number of amides is 1. The van der Waals surface area contributed by atoms with Gasteiger partial charge in [-0.1, -0.05) is 24.3 Å². The number of carbonyl (C=O) groups is 1. The van der Waals surface area contributed by atoms with Gasteiger partial charge in [0.1, 0.15) is 6.23 Å². The first kappa shape index (κ1) is 17.9. The molecule has 1 aliphatic heterocycles. The van der Waals surface area contributed by atoms with E-state index >= 15 is 0 Å². The molecule has 1 heterocycles. The molecule has 3 rings (SSSR count). The lowest BCUT2D eigenvalue weighted by molar-refractivity contribution is -0.119. The molecule has 1 saturated heterocycles. The maximum atomic E-state index is 11.8. The van der Waals surface area contributed by atoms with E-state index < -0.39 is 0 Å². The van der Waals surface area contributed by atoms with Crippen LogP contribution in [0.5, 0.6) is 5.75 Å². The van der Waals surface area contributed by atoms with Gasteiger partial charge in [-0.15, -0.1) is 0 Å². The van der Waals surface area contributed by atoms with E-state index in [1.54, 1.807) is 12.1 Å². The second-order valence-electron chi connectivity index (χ2n) is 6.06. The van der Waals surface area contributed by atoms with Gasteiger partial charge < -0.3 is 19.7 Å². The third kappa shape index (κ3) is 4.03. The van der Waals surface area contributed by atoms with Crippen molar-refractivity contribution in [3.8, 4) is 16.9 Å². The van der Waals surface area contributed by atoms with E-state index in [0.717, 1.165) is 23.4 Å². The van der Waals surface area contributed by atoms with Gasteiger partial charge in [0, 0.05) is 19.2 Å². The van der Waals surface area contributed by atoms with E-state index in [2.05, 4.69) is 10.2 Å². The Morgan fingerprint density at radius 2 is 1.81 bits per heavy atom. The normalized spacial score (nSPS) is 16.4. The minimum Gasteiger partial charge on any atom is -0.493 e. The summed E-state index contributed by atoms with van der Waals surface area (Å²) in [6.45, 7) is 3.36. The molecule has 1 fully saturated rings. The average Bonchev–Trinajstić information content (AvgIpc) is 3.03. The third-order valence-corrected chi connectivity index (χ3v) is 4.34. The summed E-state index contributed by atoms with van der Waals surface area (Å²) in [5.74, 6) is 0.254. The minimum atomic E-state index is -0.161. The van der Waals surface area contributed by atoms with Crippen molar-refractivity contribution in [2.75, 3.05) is 31.7 Å². The van der Waals surface area contributed by atoms with Gasteiger partial charge in [-0.05, 0) is 35.4 Å². The zero-order valence-electron chi connectivity index (χ0n) is 14.9. The molecule has 136 valence electrons. The molecular weight excluding hydrogens is 332 g/mol. The van der Waals surface area contributed by atoms with Crippen LogP contribution >= 0.6 is 0 Å². The molecule has 1 atom stereocenters. The van der Waals surface area contributed by atoms with E-state index in [9.17, 15) is 9.59 Å². The first-order valence-electron chi connectivity index (χ1n) is 8.50. The van der Waals surface area contributed by atoms with Crippen LogP contribution in [-0.2, 0) is 9.53 Å². The van der Waals surface area contributed by atoms with Crippen molar-refractivity contribution in [1.82, 2.24) is 5.32 Å². The van der Waals surface area contributed by atoms with Crippen LogP contribution in [0.3, 0.4) is 0 Å². The highest BCUT2D eigenvalue weighted by Crippen LogP contribution is 2.26. The predicted octanol–water partition coefficient (Wildman–Crippen LogP) is 2.02. The van der Waals surface area contributed by atoms with E-state index in [1.807, 2.05) is 30.3 Å². The standard InChI is InChI=1S/C20H22N2O4/c1-14(23)21-13-20-22(11-12-26-20)17-7-3-15(4-8-17)16-5-9-18(24)19(25-2)10-6-16/h3-10,20H,11-13H2,1-2H3,(H,21,23). The molecule has 26 heavy (non-hydrogen) atoms. The average molecular weight is 354 g/mol. The molecule has 6 nitrogen and oxygen atoms in total. The van der Waals surface area contributed by atoms with Crippen molar-refractivity contribution in [3.05, 3.63) is 58.8 Å². The summed E-state index contributed by atoms with van der Waals surface area (Å²) in [4.78, 5) is 25.1. The van der Waals surface area contributed by atoms with Gasteiger partial charge in [0.05, 0.1) is 20.3 Å². The van der Waals surface area contributed by atoms with E-state index in [-0.39, 0.29) is 17.6 Å². The summed E-state index contributed by atoms with van der Waals surface area (Å²) in [5, 5.41) is 2.80. The fourth-order valence-electron chi connectivity index (χ4n) is 2.97. The maximum absolute atomic E-state index is 11.8. The number of hydrogen-bond acceptors (Lipinski definition) is 5. The maximum Gasteiger partial charge on any atom is 0.220 e. The summed E-state index contributed by atoms with van der Waals surface area (Å²) in [6.07, 6.45) is -0.161. The lowest BCUT2D eigenvalue weighted by Gasteiger charge is -2.25. The van der Waals surface area contributed by atoms with E-state index in [0.29, 0.717) is 18.9 Å². The van der Waals surface area contributed by atoms with Crippen molar-refractivity contribution >= 4 is 11.6 Å². The molecular formula is C20H22N2O4. The van der Waals surface area contributed by atoms with Gasteiger partial charge >= 0.3 is 0 Å². The summed E-state index contributed by atoms with van der Waals surface area (Å²) < 4.78 is 10.8. The molecule has 1 amide bonds. The Labute approximate surface area is 152 Å². The number of nitrogens with zero attached hydrogens (tertiary/aromatic N) is 1. The molecule has 0 bridgehead atoms. The number of benzene rings is 1. The number of methoxy groups -OCH3 is 1. The molecule has 0 aliphatic carbocycles. The molecule has 2 aromatic carbocycles. The van der Waals surface area contributed by atoms with Crippen LogP contribution in [-0.4, -0.2) is 38.9 Å². The van der Waals surface area contributed by atoms with Crippen molar-refractivity contribution < 1.29 is 14.3 Å². The summed E-state index contributed by atoms with van der Waals surface area (Å²) in [5.41, 5.74) is 2.82. The van der Waals surface area contributed by atoms with Crippen molar-refractivity contribution in [2.45, 2.75) is 13.2 Å². The van der Waals surface area contributed by atoms with Gasteiger partial charge in [-0.2, -0.15) is 0 Å². The van der Waals surface area contributed by atoms with Gasteiger partial charge in [0.2, 0.25) is 11.3 Å². The Morgan fingerprint density at radius 1 is 1.15 bits per heavy atom. The van der Waals surface area contributed by atoms with Gasteiger partial charge in [-0.3, -0.25) is 9.59 Å². The number of anilines is 1. The van der Waals surface area contributed by atoms with Gasteiger partial charge in [-0.25, -0.2) is 0 Å². The Kier molecular flexibility index (Phi) is 5.53. The SMILES string of the molecule is COc1ccc(-c2ccc(N3CCOC3CNC(C)=O)cc2)ccc1=O. The molecule has 6 heteroatoms. The molecule has 0 radical (unpaired) electrons. The fraction of sp³-hybridized carbons (Fsp3) is 0.300. The van der Waals surface area contributed by atoms with Crippen LogP contribution in [0.1, 0.15) is 6.92 Å². The summed E-state index contributed by atoms with van der Waals surface area (Å²) in [7, 11) is 1.49. The number of carbonyl (C=O) groups excluding carboxylic acids is 1. The molecule has 0 aromatic heterocycles. The lowest BCUT2D eigenvalue weighted by Crippen LogP contribution is -2.40. The number of rotatable bonds is 5. The van der Waals surface area contributed by atoms with Crippen LogP contribution in [0.2, 0.25) is 0 Å². The molecule has 0 saturated carbocycles. The quantitative estimate of drug-likeness (QED) is 0.890. The van der Waals surface area contributed by atoms with Crippen LogP contribution in [0, 0.1) is 0 Å². The monoisotopic (exact) mass is 354 g/mol. The topological polar surface area (TPSA) is 67.9 Å². The number of nitrogens with one attached hydrogen (secondary N) is 1. The zero-order valence-corrected chi connectivity index (χ0v) is 14.9. The van der Waals surface area contributed by atoms with E-state index in [1.165, 1.54) is 20.1 Å². The second-order valence-corrected chi connectivity index (χ2v) is 6.06. The Morgan fingerprint density at radius 3 is 2.46 bits per heavy atom. The Bertz CT molecular complexity index is 836. The highest BCUT2D eigenvalue weighted by molar-refractivity contribution is 5.73. The fourth-order valence-corrected chi connectivity index (χ4v) is 2.97. The minimum absolute atomic E-state index is 0.0686. The molecule has 1 aliphatic rings. The molecule has 2 aromatic rings. The predicted molar refractivity (Wildman–Crippen MR) is 100 cm³/mol. The number of ether oxygens (including phenoxy) is 2.